The Kier molecular flexibility index (Phi) is 6.36. The average molecular weight is 405 g/mol. The van der Waals surface area contributed by atoms with Crippen LogP contribution >= 0.6 is 0 Å². The zero-order valence-corrected chi connectivity index (χ0v) is 19.1. The van der Waals surface area contributed by atoms with Gasteiger partial charge in [-0.05, 0) is 104 Å². The summed E-state index contributed by atoms with van der Waals surface area (Å²) >= 11 is 0. The average Bonchev–Trinajstić information content (AvgIpc) is 3.07. The van der Waals surface area contributed by atoms with Crippen molar-refractivity contribution in [3.63, 3.8) is 0 Å². The van der Waals surface area contributed by atoms with E-state index < -0.39 is 0 Å². The van der Waals surface area contributed by atoms with E-state index in [0.29, 0.717) is 23.2 Å². The Morgan fingerprint density at radius 1 is 1.00 bits per heavy atom. The lowest BCUT2D eigenvalue weighted by atomic mass is 9.44. The number of carbonyl (C=O) groups is 1. The minimum Gasteiger partial charge on any atom is -0.463 e. The molecule has 4 rings (SSSR count). The summed E-state index contributed by atoms with van der Waals surface area (Å²) in [6.07, 6.45) is 16.0. The maximum absolute atomic E-state index is 11.9. The third-order valence-electron chi connectivity index (χ3n) is 10.5. The molecule has 1 N–H and O–H groups in total. The first kappa shape index (κ1) is 21.7. The Bertz CT molecular complexity index is 589. The van der Waals surface area contributed by atoms with Gasteiger partial charge in [-0.25, -0.2) is 0 Å². The van der Waals surface area contributed by atoms with Crippen molar-refractivity contribution in [3.8, 4) is 0 Å². The molecule has 0 aliphatic heterocycles. The van der Waals surface area contributed by atoms with E-state index in [9.17, 15) is 4.79 Å². The highest BCUT2D eigenvalue weighted by Crippen LogP contribution is 2.68. The summed E-state index contributed by atoms with van der Waals surface area (Å²) in [6, 6.07) is 0. The summed E-state index contributed by atoms with van der Waals surface area (Å²) in [5.74, 6) is 5.05. The number of rotatable bonds is 6. The van der Waals surface area contributed by atoms with Gasteiger partial charge in [0.25, 0.3) is 0 Å². The first-order chi connectivity index (χ1) is 13.9. The van der Waals surface area contributed by atoms with Gasteiger partial charge < -0.3 is 9.84 Å². The van der Waals surface area contributed by atoms with E-state index >= 15 is 0 Å². The van der Waals surface area contributed by atoms with E-state index in [2.05, 4.69) is 20.8 Å². The zero-order chi connectivity index (χ0) is 20.6. The molecular formula is C26H44O3. The van der Waals surface area contributed by atoms with Crippen LogP contribution in [0.15, 0.2) is 0 Å². The van der Waals surface area contributed by atoms with Crippen LogP contribution in [-0.4, -0.2) is 24.3 Å². The quantitative estimate of drug-likeness (QED) is 0.553. The first-order valence-electron chi connectivity index (χ1n) is 12.7. The highest BCUT2D eigenvalue weighted by atomic mass is 16.5. The lowest BCUT2D eigenvalue weighted by molar-refractivity contribution is -0.145. The predicted molar refractivity (Wildman–Crippen MR) is 116 cm³/mol. The molecule has 0 bridgehead atoms. The van der Waals surface area contributed by atoms with Crippen LogP contribution < -0.4 is 0 Å². The van der Waals surface area contributed by atoms with Crippen molar-refractivity contribution in [2.75, 3.05) is 13.2 Å². The molecule has 3 nitrogen and oxygen atoms in total. The molecule has 0 spiro atoms. The smallest absolute Gasteiger partial charge is 0.305 e. The third kappa shape index (κ3) is 3.79. The Hall–Kier alpha value is -0.570. The fourth-order valence-corrected chi connectivity index (χ4v) is 9.05. The van der Waals surface area contributed by atoms with Crippen LogP contribution in [0, 0.1) is 46.3 Å². The molecule has 4 fully saturated rings. The van der Waals surface area contributed by atoms with E-state index in [0.717, 1.165) is 36.0 Å². The maximum Gasteiger partial charge on any atom is 0.305 e. The van der Waals surface area contributed by atoms with Gasteiger partial charge in [-0.1, -0.05) is 33.6 Å². The number of fused-ring (bicyclic) bond motifs is 5. The lowest BCUT2D eigenvalue weighted by Gasteiger charge is -2.61. The minimum absolute atomic E-state index is 0.0774. The van der Waals surface area contributed by atoms with Crippen molar-refractivity contribution in [1.29, 1.82) is 0 Å². The van der Waals surface area contributed by atoms with Crippen LogP contribution in [0.3, 0.4) is 0 Å². The van der Waals surface area contributed by atoms with Crippen molar-refractivity contribution in [3.05, 3.63) is 0 Å². The molecule has 0 radical (unpaired) electrons. The van der Waals surface area contributed by atoms with Crippen LogP contribution in [0.5, 0.6) is 0 Å². The van der Waals surface area contributed by atoms with E-state index in [1.807, 2.05) is 0 Å². The minimum atomic E-state index is -0.141. The largest absolute Gasteiger partial charge is 0.463 e. The van der Waals surface area contributed by atoms with Gasteiger partial charge >= 0.3 is 5.97 Å². The van der Waals surface area contributed by atoms with Crippen LogP contribution in [0.2, 0.25) is 0 Å². The van der Waals surface area contributed by atoms with Gasteiger partial charge in [0.1, 0.15) is 6.61 Å². The Balaban J connectivity index is 1.42. The number of hydrogen-bond donors (Lipinski definition) is 1. The van der Waals surface area contributed by atoms with Gasteiger partial charge in [-0.15, -0.1) is 0 Å². The number of aliphatic hydroxyl groups excluding tert-OH is 1. The highest BCUT2D eigenvalue weighted by molar-refractivity contribution is 5.69. The predicted octanol–water partition coefficient (Wildman–Crippen LogP) is 5.99. The summed E-state index contributed by atoms with van der Waals surface area (Å²) in [5, 5.41) is 8.84. The van der Waals surface area contributed by atoms with Crippen LogP contribution in [0.25, 0.3) is 0 Å². The molecule has 0 amide bonds. The van der Waals surface area contributed by atoms with E-state index in [1.54, 1.807) is 0 Å². The number of aliphatic hydroxyl groups is 1. The molecule has 3 heteroatoms. The fourth-order valence-electron chi connectivity index (χ4n) is 9.05. The van der Waals surface area contributed by atoms with E-state index in [4.69, 9.17) is 9.84 Å². The van der Waals surface area contributed by atoms with Gasteiger partial charge in [-0.2, -0.15) is 0 Å². The topological polar surface area (TPSA) is 46.5 Å². The molecular weight excluding hydrogens is 360 g/mol. The number of esters is 1. The Morgan fingerprint density at radius 2 is 1.79 bits per heavy atom. The number of ether oxygens (including phenoxy) is 1. The normalized spacial score (nSPS) is 45.0. The summed E-state index contributed by atoms with van der Waals surface area (Å²) in [6.45, 7) is 7.72. The second-order valence-electron chi connectivity index (χ2n) is 11.6. The van der Waals surface area contributed by atoms with Crippen molar-refractivity contribution in [2.24, 2.45) is 46.3 Å². The fraction of sp³-hybridized carbons (Fsp3) is 0.962. The van der Waals surface area contributed by atoms with E-state index in [1.165, 1.54) is 64.2 Å². The second-order valence-corrected chi connectivity index (χ2v) is 11.6. The van der Waals surface area contributed by atoms with Gasteiger partial charge in [0.2, 0.25) is 0 Å². The molecule has 0 heterocycles. The summed E-state index contributed by atoms with van der Waals surface area (Å²) in [7, 11) is 0. The maximum atomic E-state index is 11.9. The lowest BCUT2D eigenvalue weighted by Crippen LogP contribution is -2.53. The third-order valence-corrected chi connectivity index (χ3v) is 10.5. The number of hydrogen-bond acceptors (Lipinski definition) is 3. The molecule has 4 aliphatic rings. The van der Waals surface area contributed by atoms with Gasteiger partial charge in [0, 0.05) is 6.42 Å². The van der Waals surface area contributed by atoms with Gasteiger partial charge in [0.15, 0.2) is 0 Å². The van der Waals surface area contributed by atoms with Crippen molar-refractivity contribution in [2.45, 2.75) is 97.8 Å². The number of carbonyl (C=O) groups excluding carboxylic acids is 1. The van der Waals surface area contributed by atoms with Crippen LogP contribution in [-0.2, 0) is 9.53 Å². The van der Waals surface area contributed by atoms with Gasteiger partial charge in [-0.3, -0.25) is 4.79 Å². The molecule has 29 heavy (non-hydrogen) atoms. The molecule has 8 atom stereocenters. The van der Waals surface area contributed by atoms with Crippen LogP contribution in [0.4, 0.5) is 0 Å². The van der Waals surface area contributed by atoms with Crippen molar-refractivity contribution in [1.82, 2.24) is 0 Å². The monoisotopic (exact) mass is 404 g/mol. The molecule has 4 saturated carbocycles. The molecule has 0 aromatic heterocycles. The van der Waals surface area contributed by atoms with Gasteiger partial charge in [0.05, 0.1) is 6.61 Å². The highest BCUT2D eigenvalue weighted by Gasteiger charge is 2.60. The van der Waals surface area contributed by atoms with Crippen molar-refractivity contribution >= 4 is 5.97 Å². The summed E-state index contributed by atoms with van der Waals surface area (Å²) in [5.41, 5.74) is 1.11. The molecule has 1 unspecified atom stereocenters. The molecule has 0 saturated heterocycles. The van der Waals surface area contributed by atoms with Crippen LogP contribution in [0.1, 0.15) is 97.8 Å². The molecule has 0 aromatic carbocycles. The summed E-state index contributed by atoms with van der Waals surface area (Å²) in [4.78, 5) is 11.9. The SMILES string of the molecule is C[C@H](CCC(=O)OCCO)[C@H]1CC[C@H]2[C@@H]3CCC4CCCC[C@]4(C)[C@H]3CC[C@]12C. The first-order valence-corrected chi connectivity index (χ1v) is 12.7. The Labute approximate surface area is 178 Å². The van der Waals surface area contributed by atoms with Crippen molar-refractivity contribution < 1.29 is 14.6 Å². The zero-order valence-electron chi connectivity index (χ0n) is 19.1. The second kappa shape index (κ2) is 8.52. The Morgan fingerprint density at radius 3 is 2.59 bits per heavy atom. The molecule has 4 aliphatic carbocycles. The summed E-state index contributed by atoms with van der Waals surface area (Å²) < 4.78 is 5.08. The van der Waals surface area contributed by atoms with E-state index in [-0.39, 0.29) is 19.2 Å². The standard InChI is InChI=1S/C26H44O3/c1-18(7-12-24(28)29-17-16-27)21-10-11-22-20-9-8-19-6-4-5-14-25(19,2)23(20)13-15-26(21,22)3/h18-23,27H,4-17H2,1-3H3/t18-,19?,20+,21-,22+,23+,25+,26-/m1/s1. The molecule has 0 aromatic rings. The molecule has 166 valence electrons.